The molecule has 15 heavy (non-hydrogen) atoms. The molecule has 93 valence electrons. The van der Waals surface area contributed by atoms with Gasteiger partial charge in [0.1, 0.15) is 0 Å². The van der Waals surface area contributed by atoms with Crippen LogP contribution < -0.4 is 25.2 Å². The zero-order chi connectivity index (χ0) is 11.6. The van der Waals surface area contributed by atoms with Gasteiger partial charge < -0.3 is 25.2 Å². The van der Waals surface area contributed by atoms with Crippen molar-refractivity contribution in [2.75, 3.05) is 0 Å². The number of rotatable bonds is 0. The van der Waals surface area contributed by atoms with Gasteiger partial charge >= 0.3 is 17.1 Å². The van der Waals surface area contributed by atoms with Gasteiger partial charge in [-0.15, -0.1) is 10.2 Å². The fourth-order valence-corrected chi connectivity index (χ4v) is 0.219. The van der Waals surface area contributed by atoms with Gasteiger partial charge in [0, 0.05) is 0 Å². The molecular formula is C2H4Br2CuN4O6. The summed E-state index contributed by atoms with van der Waals surface area (Å²) in [7, 11) is 1.72. The first kappa shape index (κ1) is 20.7. The third-order valence-electron chi connectivity index (χ3n) is 0.451. The van der Waals surface area contributed by atoms with Crippen LogP contribution >= 0.6 is 0 Å². The normalized spacial score (nSPS) is 8.33. The average Bonchev–Trinajstić information content (AvgIpc) is 2.36. The Morgan fingerprint density at radius 3 is 1.40 bits per heavy atom. The predicted octanol–water partition coefficient (Wildman–Crippen LogP) is -7.93. The topological polar surface area (TPSA) is 182 Å². The Morgan fingerprint density at radius 1 is 1.00 bits per heavy atom. The summed E-state index contributed by atoms with van der Waals surface area (Å²) in [5.41, 5.74) is 0. The first-order chi connectivity index (χ1) is 6.36. The maximum absolute atomic E-state index is 8.52. The van der Waals surface area contributed by atoms with E-state index in [9.17, 15) is 0 Å². The van der Waals surface area contributed by atoms with E-state index in [2.05, 4.69) is 15.4 Å². The molecule has 0 unspecified atom stereocenters. The van der Waals surface area contributed by atoms with E-state index in [0.29, 0.717) is 0 Å². The SMILES string of the molecule is Cn1ncnn1.[Cu+2].[O-][Br+2]([O-])[O-].[O-][Br+2]([O-])[O-]. The van der Waals surface area contributed by atoms with Crippen LogP contribution in [0.25, 0.3) is 0 Å². The summed E-state index contributed by atoms with van der Waals surface area (Å²) in [6, 6.07) is 0. The summed E-state index contributed by atoms with van der Waals surface area (Å²) < 4.78 is 51.1. The summed E-state index contributed by atoms with van der Waals surface area (Å²) in [4.78, 5) is 1.39. The first-order valence-corrected chi connectivity index (χ1v) is 6.37. The fraction of sp³-hybridized carbons (Fsp3) is 0.500. The molecule has 0 atom stereocenters. The minimum atomic E-state index is -3.65. The Hall–Kier alpha value is 0.309. The molecule has 0 aliphatic carbocycles. The molecule has 1 heterocycles. The molecule has 10 nitrogen and oxygen atoms in total. The van der Waals surface area contributed by atoms with Gasteiger partial charge in [0.25, 0.3) is 0 Å². The number of nitrogens with zero attached hydrogens (tertiary/aromatic N) is 4. The van der Waals surface area contributed by atoms with Crippen molar-refractivity contribution >= 4 is 0 Å². The molecule has 1 radical (unpaired) electrons. The van der Waals surface area contributed by atoms with Gasteiger partial charge in [-0.3, -0.25) is 0 Å². The van der Waals surface area contributed by atoms with Gasteiger partial charge in [-0.25, -0.2) is 0 Å². The number of halogens is 2. The van der Waals surface area contributed by atoms with Crippen LogP contribution in [-0.2, 0) is 24.1 Å². The Bertz CT molecular complexity index is 188. The quantitative estimate of drug-likeness (QED) is 0.380. The molecule has 0 aliphatic heterocycles. The summed E-state index contributed by atoms with van der Waals surface area (Å²) >= 11 is -7.29. The van der Waals surface area contributed by atoms with Gasteiger partial charge in [0.15, 0.2) is 6.33 Å². The van der Waals surface area contributed by atoms with E-state index in [1.807, 2.05) is 0 Å². The van der Waals surface area contributed by atoms with Gasteiger partial charge in [-0.1, -0.05) is 0 Å². The third-order valence-corrected chi connectivity index (χ3v) is 0.451. The average molecular weight is 403 g/mol. The number of hydrogen-bond donors (Lipinski definition) is 0. The van der Waals surface area contributed by atoms with Crippen LogP contribution in [0.3, 0.4) is 0 Å². The molecule has 1 rings (SSSR count). The molecule has 0 aliphatic rings. The minimum Gasteiger partial charge on any atom is -0.405 e. The van der Waals surface area contributed by atoms with Crippen LogP contribution in [0.5, 0.6) is 0 Å². The van der Waals surface area contributed by atoms with Crippen LogP contribution in [0.15, 0.2) is 6.33 Å². The Balaban J connectivity index is -0.000000145. The molecule has 0 spiro atoms. The Labute approximate surface area is 105 Å². The molecule has 0 bridgehead atoms. The van der Waals surface area contributed by atoms with E-state index in [1.165, 1.54) is 11.1 Å². The fourth-order valence-electron chi connectivity index (χ4n) is 0.219. The van der Waals surface area contributed by atoms with Crippen molar-refractivity contribution < 1.29 is 71.9 Å². The third kappa shape index (κ3) is 40.6. The summed E-state index contributed by atoms with van der Waals surface area (Å²) in [5.74, 6) is 0. The maximum Gasteiger partial charge on any atom is 2.00 e. The van der Waals surface area contributed by atoms with E-state index in [1.54, 1.807) is 7.05 Å². The second-order valence-corrected chi connectivity index (χ2v) is 2.89. The van der Waals surface area contributed by atoms with Gasteiger partial charge in [-0.05, 0) is 5.21 Å². The van der Waals surface area contributed by atoms with E-state index in [-0.39, 0.29) is 17.1 Å². The van der Waals surface area contributed by atoms with Crippen molar-refractivity contribution in [1.29, 1.82) is 0 Å². The first-order valence-electron chi connectivity index (χ1n) is 2.49. The number of aromatic nitrogens is 4. The molecule has 0 aromatic carbocycles. The molecular weight excluding hydrogens is 399 g/mol. The minimum absolute atomic E-state index is 0. The smallest absolute Gasteiger partial charge is 0.405 e. The van der Waals surface area contributed by atoms with E-state index >= 15 is 0 Å². The summed E-state index contributed by atoms with van der Waals surface area (Å²) in [5, 5.41) is 10.5. The second-order valence-electron chi connectivity index (χ2n) is 1.30. The van der Waals surface area contributed by atoms with Gasteiger partial charge in [-0.2, -0.15) is 4.80 Å². The summed E-state index contributed by atoms with van der Waals surface area (Å²) in [6.45, 7) is 0. The van der Waals surface area contributed by atoms with E-state index < -0.39 is 29.6 Å². The zero-order valence-corrected chi connectivity index (χ0v) is 11.0. The predicted molar refractivity (Wildman–Crippen MR) is 18.8 cm³/mol. The Morgan fingerprint density at radius 2 is 1.33 bits per heavy atom. The molecule has 1 aromatic rings. The van der Waals surface area contributed by atoms with Crippen molar-refractivity contribution in [2.45, 2.75) is 0 Å². The van der Waals surface area contributed by atoms with Crippen molar-refractivity contribution in [2.24, 2.45) is 7.05 Å². The van der Waals surface area contributed by atoms with Crippen LogP contribution in [0.2, 0.25) is 0 Å². The van der Waals surface area contributed by atoms with Crippen LogP contribution in [0.1, 0.15) is 0 Å². The van der Waals surface area contributed by atoms with Crippen molar-refractivity contribution in [3.05, 3.63) is 6.33 Å². The molecule has 0 saturated carbocycles. The van der Waals surface area contributed by atoms with Crippen LogP contribution in [0.4, 0.5) is 0 Å². The molecule has 13 heteroatoms. The Kier molecular flexibility index (Phi) is 19.7. The second kappa shape index (κ2) is 14.3. The van der Waals surface area contributed by atoms with E-state index in [0.717, 1.165) is 0 Å². The van der Waals surface area contributed by atoms with Crippen molar-refractivity contribution in [3.63, 3.8) is 0 Å². The number of hydrogen-bond acceptors (Lipinski definition) is 9. The summed E-state index contributed by atoms with van der Waals surface area (Å²) in [6.07, 6.45) is 1.39. The zero-order valence-electron chi connectivity index (χ0n) is 6.87. The van der Waals surface area contributed by atoms with Gasteiger partial charge in [0.2, 0.25) is 29.6 Å². The number of aryl methyl sites for hydroxylation is 1. The standard InChI is InChI=1S/C2H4N4.2BrO3.Cu/c1-6-4-2-3-5-6;2*2-1(3)4;/h2H,1H3;;;/q;2*-1;+2. The molecule has 0 N–H and O–H groups in total. The largest absolute Gasteiger partial charge is 2.00 e. The molecule has 0 fully saturated rings. The molecule has 1 aromatic heterocycles. The van der Waals surface area contributed by atoms with Crippen molar-refractivity contribution in [3.8, 4) is 0 Å². The molecule has 0 amide bonds. The van der Waals surface area contributed by atoms with E-state index in [4.69, 9.17) is 25.2 Å². The molecule has 0 saturated heterocycles. The van der Waals surface area contributed by atoms with Crippen LogP contribution in [0, 0.1) is 29.6 Å². The number of tetrazole rings is 1. The van der Waals surface area contributed by atoms with Gasteiger partial charge in [0.05, 0.1) is 7.05 Å². The monoisotopic (exact) mass is 401 g/mol. The van der Waals surface area contributed by atoms with Crippen molar-refractivity contribution in [1.82, 2.24) is 20.2 Å². The van der Waals surface area contributed by atoms with Crippen LogP contribution in [-0.4, -0.2) is 20.2 Å². The maximum atomic E-state index is 8.52.